The highest BCUT2D eigenvalue weighted by atomic mass is 16.1. The molecule has 0 aliphatic rings. The first kappa shape index (κ1) is 7.03. The van der Waals surface area contributed by atoms with E-state index in [1.807, 2.05) is 0 Å². The largest absolute Gasteiger partial charge is 0.359 e. The minimum Gasteiger partial charge on any atom is -0.359 e. The van der Waals surface area contributed by atoms with Gasteiger partial charge in [0.05, 0.1) is 11.7 Å². The van der Waals surface area contributed by atoms with Crippen LogP contribution >= 0.6 is 0 Å². The number of rotatable bonds is 0. The summed E-state index contributed by atoms with van der Waals surface area (Å²) in [6.07, 6.45) is 4.97. The number of hydrogen-bond acceptors (Lipinski definition) is 2. The van der Waals surface area contributed by atoms with Crippen molar-refractivity contribution >= 4 is 10.9 Å². The molecule has 0 saturated carbocycles. The van der Waals surface area contributed by atoms with E-state index in [0.29, 0.717) is 5.39 Å². The Hall–Kier alpha value is -1.64. The molecule has 0 spiro atoms. The Morgan fingerprint density at radius 1 is 1.50 bits per heavy atom. The molecular formula is C9H8N2O. The molecule has 0 aliphatic carbocycles. The van der Waals surface area contributed by atoms with E-state index in [1.54, 1.807) is 31.6 Å². The molecule has 1 N–H and O–H groups in total. The Morgan fingerprint density at radius 3 is 3.17 bits per heavy atom. The van der Waals surface area contributed by atoms with Gasteiger partial charge in [-0.3, -0.25) is 9.78 Å². The van der Waals surface area contributed by atoms with Gasteiger partial charge in [-0.1, -0.05) is 0 Å². The smallest absolute Gasteiger partial charge is 0.192 e. The van der Waals surface area contributed by atoms with Crippen molar-refractivity contribution in [3.8, 4) is 0 Å². The lowest BCUT2D eigenvalue weighted by atomic mass is 10.2. The van der Waals surface area contributed by atoms with Crippen LogP contribution in [0.15, 0.2) is 29.5 Å². The SMILES string of the molecule is Cc1c[nH]c2cnccc2c1=O. The fourth-order valence-corrected chi connectivity index (χ4v) is 1.17. The predicted octanol–water partition coefficient (Wildman–Crippen LogP) is 1.23. The van der Waals surface area contributed by atoms with Crippen LogP contribution in [0.1, 0.15) is 5.56 Å². The van der Waals surface area contributed by atoms with Crippen molar-refractivity contribution in [2.75, 3.05) is 0 Å². The first-order valence-electron chi connectivity index (χ1n) is 3.71. The van der Waals surface area contributed by atoms with E-state index in [0.717, 1.165) is 11.1 Å². The minimum absolute atomic E-state index is 0.0751. The molecule has 3 heteroatoms. The van der Waals surface area contributed by atoms with Gasteiger partial charge in [0.25, 0.3) is 0 Å². The molecule has 3 nitrogen and oxygen atoms in total. The molecule has 2 rings (SSSR count). The van der Waals surface area contributed by atoms with Crippen molar-refractivity contribution in [2.45, 2.75) is 6.92 Å². The monoisotopic (exact) mass is 160 g/mol. The minimum atomic E-state index is 0.0751. The van der Waals surface area contributed by atoms with Gasteiger partial charge in [-0.15, -0.1) is 0 Å². The van der Waals surface area contributed by atoms with Gasteiger partial charge in [-0.05, 0) is 13.0 Å². The molecule has 0 atom stereocenters. The van der Waals surface area contributed by atoms with Crippen molar-refractivity contribution in [3.63, 3.8) is 0 Å². The molecule has 2 aromatic heterocycles. The number of aromatic amines is 1. The molecule has 0 aliphatic heterocycles. The molecule has 0 fully saturated rings. The van der Waals surface area contributed by atoms with Crippen LogP contribution in [-0.2, 0) is 0 Å². The first-order chi connectivity index (χ1) is 5.79. The van der Waals surface area contributed by atoms with Crippen molar-refractivity contribution < 1.29 is 0 Å². The topological polar surface area (TPSA) is 45.8 Å². The molecule has 0 saturated heterocycles. The Labute approximate surface area is 69.1 Å². The third-order valence-corrected chi connectivity index (χ3v) is 1.87. The molecule has 0 bridgehead atoms. The average molecular weight is 160 g/mol. The summed E-state index contributed by atoms with van der Waals surface area (Å²) in [5, 5.41) is 0.699. The lowest BCUT2D eigenvalue weighted by molar-refractivity contribution is 1.26. The molecule has 0 radical (unpaired) electrons. The summed E-state index contributed by atoms with van der Waals surface area (Å²) in [6.45, 7) is 1.79. The fourth-order valence-electron chi connectivity index (χ4n) is 1.17. The molecule has 2 heterocycles. The zero-order chi connectivity index (χ0) is 8.55. The highest BCUT2D eigenvalue weighted by Gasteiger charge is 1.98. The number of nitrogens with zero attached hydrogens (tertiary/aromatic N) is 1. The lowest BCUT2D eigenvalue weighted by Gasteiger charge is -1.96. The summed E-state index contributed by atoms with van der Waals surface area (Å²) < 4.78 is 0. The number of hydrogen-bond donors (Lipinski definition) is 1. The van der Waals surface area contributed by atoms with Gasteiger partial charge in [-0.2, -0.15) is 0 Å². The summed E-state index contributed by atoms with van der Waals surface area (Å²) in [5.74, 6) is 0. The van der Waals surface area contributed by atoms with Crippen LogP contribution in [0.25, 0.3) is 10.9 Å². The second-order valence-corrected chi connectivity index (χ2v) is 2.72. The molecule has 2 aromatic rings. The number of nitrogens with one attached hydrogen (secondary N) is 1. The Kier molecular flexibility index (Phi) is 1.43. The summed E-state index contributed by atoms with van der Waals surface area (Å²) in [6, 6.07) is 1.72. The van der Waals surface area contributed by atoms with E-state index in [9.17, 15) is 4.79 Å². The summed E-state index contributed by atoms with van der Waals surface area (Å²) in [4.78, 5) is 18.4. The third kappa shape index (κ3) is 0.906. The van der Waals surface area contributed by atoms with Gasteiger partial charge in [0.2, 0.25) is 0 Å². The van der Waals surface area contributed by atoms with Crippen molar-refractivity contribution in [1.82, 2.24) is 9.97 Å². The van der Waals surface area contributed by atoms with Crippen molar-refractivity contribution in [1.29, 1.82) is 0 Å². The molecule has 0 aromatic carbocycles. The number of aromatic nitrogens is 2. The highest BCUT2D eigenvalue weighted by Crippen LogP contribution is 2.03. The molecule has 0 unspecified atom stereocenters. The number of H-pyrrole nitrogens is 1. The van der Waals surface area contributed by atoms with E-state index in [1.165, 1.54) is 0 Å². The maximum Gasteiger partial charge on any atom is 0.192 e. The Bertz CT molecular complexity index is 473. The molecular weight excluding hydrogens is 152 g/mol. The van der Waals surface area contributed by atoms with Crippen molar-refractivity contribution in [2.24, 2.45) is 0 Å². The van der Waals surface area contributed by atoms with Gasteiger partial charge in [0.1, 0.15) is 0 Å². The second-order valence-electron chi connectivity index (χ2n) is 2.72. The van der Waals surface area contributed by atoms with Crippen LogP contribution in [0.2, 0.25) is 0 Å². The predicted molar refractivity (Wildman–Crippen MR) is 47.1 cm³/mol. The number of aryl methyl sites for hydroxylation is 1. The average Bonchev–Trinajstić information content (AvgIpc) is 2.12. The summed E-state index contributed by atoms with van der Waals surface area (Å²) >= 11 is 0. The first-order valence-corrected chi connectivity index (χ1v) is 3.71. The van der Waals surface area contributed by atoms with Crippen LogP contribution in [-0.4, -0.2) is 9.97 Å². The fraction of sp³-hybridized carbons (Fsp3) is 0.111. The van der Waals surface area contributed by atoms with Gasteiger partial charge in [0, 0.05) is 23.3 Å². The highest BCUT2D eigenvalue weighted by molar-refractivity contribution is 5.77. The lowest BCUT2D eigenvalue weighted by Crippen LogP contribution is -2.05. The van der Waals surface area contributed by atoms with E-state index in [-0.39, 0.29) is 5.43 Å². The normalized spacial score (nSPS) is 10.4. The second kappa shape index (κ2) is 2.44. The summed E-state index contributed by atoms with van der Waals surface area (Å²) in [7, 11) is 0. The maximum atomic E-state index is 11.5. The standard InChI is InChI=1S/C9H8N2O/c1-6-4-11-8-5-10-3-2-7(8)9(6)12/h2-5H,1H3,(H,11,12). The van der Waals surface area contributed by atoms with E-state index >= 15 is 0 Å². The van der Waals surface area contributed by atoms with Gasteiger partial charge in [0.15, 0.2) is 5.43 Å². The van der Waals surface area contributed by atoms with Crippen LogP contribution in [0.5, 0.6) is 0 Å². The van der Waals surface area contributed by atoms with Gasteiger partial charge >= 0.3 is 0 Å². The van der Waals surface area contributed by atoms with Gasteiger partial charge < -0.3 is 4.98 Å². The molecule has 60 valence electrons. The third-order valence-electron chi connectivity index (χ3n) is 1.87. The quantitative estimate of drug-likeness (QED) is 0.630. The zero-order valence-corrected chi connectivity index (χ0v) is 6.66. The molecule has 12 heavy (non-hydrogen) atoms. The van der Waals surface area contributed by atoms with E-state index in [2.05, 4.69) is 9.97 Å². The van der Waals surface area contributed by atoms with Crippen LogP contribution in [0.4, 0.5) is 0 Å². The van der Waals surface area contributed by atoms with Crippen molar-refractivity contribution in [3.05, 3.63) is 40.4 Å². The van der Waals surface area contributed by atoms with Gasteiger partial charge in [-0.25, -0.2) is 0 Å². The van der Waals surface area contributed by atoms with Crippen LogP contribution < -0.4 is 5.43 Å². The Balaban J connectivity index is 3.01. The van der Waals surface area contributed by atoms with Crippen LogP contribution in [0, 0.1) is 6.92 Å². The van der Waals surface area contributed by atoms with Crippen LogP contribution in [0.3, 0.4) is 0 Å². The number of fused-ring (bicyclic) bond motifs is 1. The zero-order valence-electron chi connectivity index (χ0n) is 6.66. The summed E-state index contributed by atoms with van der Waals surface area (Å²) in [5.41, 5.74) is 1.59. The number of pyridine rings is 2. The Morgan fingerprint density at radius 2 is 2.33 bits per heavy atom. The maximum absolute atomic E-state index is 11.5. The van der Waals surface area contributed by atoms with E-state index < -0.39 is 0 Å². The van der Waals surface area contributed by atoms with E-state index in [4.69, 9.17) is 0 Å². The molecule has 0 amide bonds.